The van der Waals surface area contributed by atoms with Gasteiger partial charge in [0.1, 0.15) is 17.2 Å². The van der Waals surface area contributed by atoms with Crippen molar-refractivity contribution < 1.29 is 4.74 Å². The van der Waals surface area contributed by atoms with Crippen molar-refractivity contribution in [1.82, 2.24) is 14.9 Å². The van der Waals surface area contributed by atoms with Gasteiger partial charge in [0.05, 0.1) is 11.8 Å². The Morgan fingerprint density at radius 1 is 1.33 bits per heavy atom. The molecule has 2 aromatic heterocycles. The molecule has 3 rings (SSSR count). The van der Waals surface area contributed by atoms with Crippen LogP contribution < -0.4 is 15.6 Å². The summed E-state index contributed by atoms with van der Waals surface area (Å²) in [6.07, 6.45) is 2.29. The highest BCUT2D eigenvalue weighted by Crippen LogP contribution is 2.30. The van der Waals surface area contributed by atoms with E-state index in [1.54, 1.807) is 18.4 Å². The van der Waals surface area contributed by atoms with Crippen molar-refractivity contribution in [2.75, 3.05) is 13.1 Å². The molecule has 24 heavy (non-hydrogen) atoms. The maximum Gasteiger partial charge on any atom is 0.264 e. The van der Waals surface area contributed by atoms with Crippen LogP contribution >= 0.6 is 11.3 Å². The van der Waals surface area contributed by atoms with E-state index in [1.165, 1.54) is 10.9 Å². The molecule has 0 unspecified atom stereocenters. The molecule has 0 saturated heterocycles. The highest BCUT2D eigenvalue weighted by molar-refractivity contribution is 7.10. The highest BCUT2D eigenvalue weighted by Gasteiger charge is 2.17. The monoisotopic (exact) mass is 343 g/mol. The van der Waals surface area contributed by atoms with Crippen LogP contribution in [0.15, 0.2) is 46.8 Å². The maximum absolute atomic E-state index is 12.5. The first kappa shape index (κ1) is 16.7. The smallest absolute Gasteiger partial charge is 0.264 e. The molecule has 0 fully saturated rings. The third kappa shape index (κ3) is 3.49. The van der Waals surface area contributed by atoms with Crippen LogP contribution in [-0.2, 0) is 7.05 Å². The summed E-state index contributed by atoms with van der Waals surface area (Å²) in [4.78, 5) is 18.0. The fraction of sp³-hybridized carbons (Fsp3) is 0.333. The van der Waals surface area contributed by atoms with Crippen LogP contribution in [0.25, 0.3) is 10.9 Å². The molecule has 1 aromatic carbocycles. The molecule has 0 bridgehead atoms. The number of thiophene rings is 1. The van der Waals surface area contributed by atoms with E-state index < -0.39 is 0 Å². The van der Waals surface area contributed by atoms with Crippen molar-refractivity contribution in [2.24, 2.45) is 7.05 Å². The molecule has 2 heterocycles. The summed E-state index contributed by atoms with van der Waals surface area (Å²) in [5.74, 6) is 0.594. The Kier molecular flexibility index (Phi) is 5.27. The Morgan fingerprint density at radius 2 is 2.21 bits per heavy atom. The van der Waals surface area contributed by atoms with Gasteiger partial charge < -0.3 is 14.6 Å². The summed E-state index contributed by atoms with van der Waals surface area (Å²) in [7, 11) is 1.70. The number of nitrogens with zero attached hydrogens (tertiary/aromatic N) is 2. The molecule has 5 nitrogen and oxygen atoms in total. The second kappa shape index (κ2) is 7.59. The van der Waals surface area contributed by atoms with Crippen LogP contribution in [0.5, 0.6) is 5.75 Å². The standard InChI is InChI=1S/C18H21N3O2S/c1-3-19-10-9-14(16-8-5-11-24-16)23-15-7-4-6-13-17(15)18(22)21(2)12-20-13/h4-8,11-12,14,19H,3,9-10H2,1-2H3/t14-/m1/s1. The van der Waals surface area contributed by atoms with Crippen LogP contribution in [0, 0.1) is 0 Å². The van der Waals surface area contributed by atoms with Gasteiger partial charge in [-0.05, 0) is 36.7 Å². The first-order chi connectivity index (χ1) is 11.7. The van der Waals surface area contributed by atoms with Crippen molar-refractivity contribution in [3.05, 3.63) is 57.3 Å². The lowest BCUT2D eigenvalue weighted by Gasteiger charge is -2.19. The molecule has 3 aromatic rings. The van der Waals surface area contributed by atoms with Crippen LogP contribution in [-0.4, -0.2) is 22.6 Å². The number of benzene rings is 1. The summed E-state index contributed by atoms with van der Waals surface area (Å²) < 4.78 is 7.75. The first-order valence-corrected chi connectivity index (χ1v) is 8.93. The number of hydrogen-bond acceptors (Lipinski definition) is 5. The van der Waals surface area contributed by atoms with Gasteiger partial charge in [-0.2, -0.15) is 0 Å². The Bertz CT molecular complexity index is 858. The predicted molar refractivity (Wildman–Crippen MR) is 97.8 cm³/mol. The van der Waals surface area contributed by atoms with Crippen molar-refractivity contribution in [3.63, 3.8) is 0 Å². The zero-order valence-electron chi connectivity index (χ0n) is 13.9. The van der Waals surface area contributed by atoms with Crippen molar-refractivity contribution in [1.29, 1.82) is 0 Å². The molecule has 126 valence electrons. The number of fused-ring (bicyclic) bond motifs is 1. The normalized spacial score (nSPS) is 12.4. The van der Waals surface area contributed by atoms with Gasteiger partial charge in [0.25, 0.3) is 5.56 Å². The SMILES string of the molecule is CCNCC[C@@H](Oc1cccc2ncn(C)c(=O)c12)c1cccs1. The quantitative estimate of drug-likeness (QED) is 0.670. The minimum absolute atomic E-state index is 0.0837. The average Bonchev–Trinajstić information content (AvgIpc) is 3.12. The largest absolute Gasteiger partial charge is 0.484 e. The zero-order chi connectivity index (χ0) is 16.9. The van der Waals surface area contributed by atoms with Gasteiger partial charge in [0, 0.05) is 18.3 Å². The minimum Gasteiger partial charge on any atom is -0.484 e. The predicted octanol–water partition coefficient (Wildman–Crippen LogP) is 3.11. The minimum atomic E-state index is -0.0905. The van der Waals surface area contributed by atoms with E-state index in [1.807, 2.05) is 29.6 Å². The average molecular weight is 343 g/mol. The molecule has 0 spiro atoms. The number of rotatable bonds is 7. The number of aromatic nitrogens is 2. The molecule has 0 amide bonds. The molecule has 1 atom stereocenters. The summed E-state index contributed by atoms with van der Waals surface area (Å²) in [5, 5.41) is 5.91. The van der Waals surface area contributed by atoms with E-state index in [9.17, 15) is 4.79 Å². The number of nitrogens with one attached hydrogen (secondary N) is 1. The summed E-state index contributed by atoms with van der Waals surface area (Å²) >= 11 is 1.67. The fourth-order valence-electron chi connectivity index (χ4n) is 2.61. The van der Waals surface area contributed by atoms with Crippen LogP contribution in [0.1, 0.15) is 24.3 Å². The van der Waals surface area contributed by atoms with Crippen molar-refractivity contribution in [2.45, 2.75) is 19.4 Å². The molecule has 0 aliphatic heterocycles. The van der Waals surface area contributed by atoms with Gasteiger partial charge in [-0.15, -0.1) is 11.3 Å². The van der Waals surface area contributed by atoms with Crippen LogP contribution in [0.3, 0.4) is 0 Å². The second-order valence-electron chi connectivity index (χ2n) is 5.58. The van der Waals surface area contributed by atoms with E-state index in [0.717, 1.165) is 24.4 Å². The molecule has 0 aliphatic carbocycles. The van der Waals surface area contributed by atoms with Gasteiger partial charge in [0.2, 0.25) is 0 Å². The molecule has 0 radical (unpaired) electrons. The summed E-state index contributed by atoms with van der Waals surface area (Å²) in [6, 6.07) is 9.65. The lowest BCUT2D eigenvalue weighted by molar-refractivity contribution is 0.200. The zero-order valence-corrected chi connectivity index (χ0v) is 14.7. The van der Waals surface area contributed by atoms with E-state index in [4.69, 9.17) is 4.74 Å². The van der Waals surface area contributed by atoms with E-state index >= 15 is 0 Å². The van der Waals surface area contributed by atoms with Gasteiger partial charge in [-0.1, -0.05) is 19.1 Å². The molecule has 1 N–H and O–H groups in total. The Hall–Kier alpha value is -2.18. The molecular formula is C18H21N3O2S. The Balaban J connectivity index is 1.96. The van der Waals surface area contributed by atoms with E-state index in [-0.39, 0.29) is 11.7 Å². The molecular weight excluding hydrogens is 322 g/mol. The number of aryl methyl sites for hydroxylation is 1. The van der Waals surface area contributed by atoms with Crippen LogP contribution in [0.4, 0.5) is 0 Å². The molecule has 6 heteroatoms. The summed E-state index contributed by atoms with van der Waals surface area (Å²) in [5.41, 5.74) is 0.569. The highest BCUT2D eigenvalue weighted by atomic mass is 32.1. The van der Waals surface area contributed by atoms with Crippen molar-refractivity contribution in [3.8, 4) is 5.75 Å². The van der Waals surface area contributed by atoms with Gasteiger partial charge in [-0.3, -0.25) is 4.79 Å². The van der Waals surface area contributed by atoms with Crippen LogP contribution in [0.2, 0.25) is 0 Å². The lowest BCUT2D eigenvalue weighted by Crippen LogP contribution is -2.21. The van der Waals surface area contributed by atoms with Gasteiger partial charge in [0.15, 0.2) is 0 Å². The fourth-order valence-corrected chi connectivity index (χ4v) is 3.40. The van der Waals surface area contributed by atoms with Crippen molar-refractivity contribution >= 4 is 22.2 Å². The topological polar surface area (TPSA) is 56.1 Å². The van der Waals surface area contributed by atoms with Gasteiger partial charge in [-0.25, -0.2) is 4.98 Å². The third-order valence-electron chi connectivity index (χ3n) is 3.87. The summed E-state index contributed by atoms with van der Waals surface area (Å²) in [6.45, 7) is 3.87. The number of hydrogen-bond donors (Lipinski definition) is 1. The second-order valence-corrected chi connectivity index (χ2v) is 6.55. The molecule has 0 aliphatic rings. The van der Waals surface area contributed by atoms with Gasteiger partial charge >= 0.3 is 0 Å². The Labute approximate surface area is 144 Å². The molecule has 0 saturated carbocycles. The van der Waals surface area contributed by atoms with E-state index in [0.29, 0.717) is 16.7 Å². The Morgan fingerprint density at radius 3 is 2.96 bits per heavy atom. The maximum atomic E-state index is 12.5. The third-order valence-corrected chi connectivity index (χ3v) is 4.84. The number of ether oxygens (including phenoxy) is 1. The lowest BCUT2D eigenvalue weighted by atomic mass is 10.2. The first-order valence-electron chi connectivity index (χ1n) is 8.06. The van der Waals surface area contributed by atoms with E-state index in [2.05, 4.69) is 23.3 Å².